The van der Waals surface area contributed by atoms with E-state index in [2.05, 4.69) is 26.3 Å². The Bertz CT molecular complexity index is 570. The number of amides is 2. The summed E-state index contributed by atoms with van der Waals surface area (Å²) in [6, 6.07) is -0.427. The van der Waals surface area contributed by atoms with Crippen LogP contribution < -0.4 is 5.32 Å². The number of aryl methyl sites for hydroxylation is 2. The van der Waals surface area contributed by atoms with Crippen LogP contribution in [0.25, 0.3) is 0 Å². The van der Waals surface area contributed by atoms with Crippen molar-refractivity contribution in [3.63, 3.8) is 0 Å². The van der Waals surface area contributed by atoms with Crippen LogP contribution in [-0.2, 0) is 23.2 Å². The maximum atomic E-state index is 12.6. The molecule has 1 aliphatic rings. The van der Waals surface area contributed by atoms with E-state index in [0.29, 0.717) is 6.54 Å². The summed E-state index contributed by atoms with van der Waals surface area (Å²) in [7, 11) is 1.84. The number of piperazine rings is 1. The second-order valence-corrected chi connectivity index (χ2v) is 6.39. The molecule has 1 aliphatic heterocycles. The summed E-state index contributed by atoms with van der Waals surface area (Å²) in [5.74, 6) is 0.00517. The van der Waals surface area contributed by atoms with Crippen LogP contribution in [0.15, 0.2) is 4.47 Å². The monoisotopic (exact) mass is 356 g/mol. The van der Waals surface area contributed by atoms with E-state index < -0.39 is 6.04 Å². The van der Waals surface area contributed by atoms with E-state index in [9.17, 15) is 9.59 Å². The van der Waals surface area contributed by atoms with Crippen molar-refractivity contribution in [3.05, 3.63) is 15.9 Å². The van der Waals surface area contributed by atoms with Crippen LogP contribution in [0, 0.1) is 12.8 Å². The molecule has 0 bridgehead atoms. The molecule has 0 saturated carbocycles. The van der Waals surface area contributed by atoms with Crippen molar-refractivity contribution in [2.45, 2.75) is 39.8 Å². The molecule has 0 radical (unpaired) electrons. The summed E-state index contributed by atoms with van der Waals surface area (Å²) < 4.78 is 2.64. The van der Waals surface area contributed by atoms with Crippen molar-refractivity contribution < 1.29 is 9.59 Å². The highest BCUT2D eigenvalue weighted by atomic mass is 79.9. The Morgan fingerprint density at radius 2 is 2.14 bits per heavy atom. The maximum absolute atomic E-state index is 12.6. The van der Waals surface area contributed by atoms with Gasteiger partial charge in [0.25, 0.3) is 0 Å². The first-order chi connectivity index (χ1) is 9.85. The molecule has 2 atom stereocenters. The number of rotatable bonds is 4. The van der Waals surface area contributed by atoms with Gasteiger partial charge in [0.2, 0.25) is 11.8 Å². The van der Waals surface area contributed by atoms with Gasteiger partial charge in [-0.3, -0.25) is 14.3 Å². The highest BCUT2D eigenvalue weighted by Crippen LogP contribution is 2.23. The molecule has 6 nitrogen and oxygen atoms in total. The zero-order valence-electron chi connectivity index (χ0n) is 12.8. The molecule has 7 heteroatoms. The van der Waals surface area contributed by atoms with Gasteiger partial charge < -0.3 is 10.2 Å². The number of nitrogens with one attached hydrogen (secondary N) is 1. The number of carbonyl (C=O) groups excluding carboxylic acids is 2. The Labute approximate surface area is 133 Å². The lowest BCUT2D eigenvalue weighted by Crippen LogP contribution is -2.59. The first kappa shape index (κ1) is 16.0. The summed E-state index contributed by atoms with van der Waals surface area (Å²) in [6.07, 6.45) is 0.846. The molecule has 2 heterocycles. The summed E-state index contributed by atoms with van der Waals surface area (Å²) in [5, 5.41) is 7.12. The van der Waals surface area contributed by atoms with Gasteiger partial charge in [-0.1, -0.05) is 20.3 Å². The SMILES string of the molecule is CCC(C)C1NC(=O)CN(Cc2c(Br)c(C)nn2C)C1=O. The molecule has 0 spiro atoms. The molecule has 1 aromatic heterocycles. The lowest BCUT2D eigenvalue weighted by Gasteiger charge is -2.35. The van der Waals surface area contributed by atoms with Crippen molar-refractivity contribution in [1.82, 2.24) is 20.0 Å². The Kier molecular flexibility index (Phi) is 4.70. The van der Waals surface area contributed by atoms with E-state index in [4.69, 9.17) is 0 Å². The number of hydrogen-bond acceptors (Lipinski definition) is 3. The second-order valence-electron chi connectivity index (χ2n) is 5.59. The number of hydrogen-bond donors (Lipinski definition) is 1. The van der Waals surface area contributed by atoms with Gasteiger partial charge >= 0.3 is 0 Å². The minimum Gasteiger partial charge on any atom is -0.342 e. The Balaban J connectivity index is 2.22. The number of halogens is 1. The number of carbonyl (C=O) groups is 2. The van der Waals surface area contributed by atoms with Gasteiger partial charge in [-0.2, -0.15) is 5.10 Å². The average Bonchev–Trinajstić information content (AvgIpc) is 2.68. The molecule has 2 rings (SSSR count). The summed E-state index contributed by atoms with van der Waals surface area (Å²) in [4.78, 5) is 26.1. The lowest BCUT2D eigenvalue weighted by atomic mass is 9.96. The van der Waals surface area contributed by atoms with Crippen LogP contribution in [0.1, 0.15) is 31.7 Å². The van der Waals surface area contributed by atoms with E-state index in [-0.39, 0.29) is 24.3 Å². The topological polar surface area (TPSA) is 67.2 Å². The average molecular weight is 357 g/mol. The number of aromatic nitrogens is 2. The molecule has 21 heavy (non-hydrogen) atoms. The van der Waals surface area contributed by atoms with E-state index in [1.807, 2.05) is 27.8 Å². The fourth-order valence-corrected chi connectivity index (χ4v) is 2.98. The van der Waals surface area contributed by atoms with Gasteiger partial charge in [0, 0.05) is 7.05 Å². The molecule has 1 N–H and O–H groups in total. The van der Waals surface area contributed by atoms with Crippen molar-refractivity contribution in [2.24, 2.45) is 13.0 Å². The fraction of sp³-hybridized carbons (Fsp3) is 0.643. The van der Waals surface area contributed by atoms with Crippen LogP contribution in [-0.4, -0.2) is 39.1 Å². The molecule has 1 fully saturated rings. The smallest absolute Gasteiger partial charge is 0.246 e. The molecule has 2 amide bonds. The molecule has 116 valence electrons. The predicted octanol–water partition coefficient (Wildman–Crippen LogP) is 1.36. The third-order valence-electron chi connectivity index (χ3n) is 4.04. The van der Waals surface area contributed by atoms with Gasteiger partial charge in [0.05, 0.1) is 22.4 Å². The Morgan fingerprint density at radius 1 is 1.48 bits per heavy atom. The molecular formula is C14H21BrN4O2. The third kappa shape index (κ3) is 3.12. The van der Waals surface area contributed by atoms with E-state index >= 15 is 0 Å². The van der Waals surface area contributed by atoms with Crippen LogP contribution in [0.4, 0.5) is 0 Å². The zero-order valence-corrected chi connectivity index (χ0v) is 14.4. The molecule has 0 aromatic carbocycles. The maximum Gasteiger partial charge on any atom is 0.246 e. The number of nitrogens with zero attached hydrogens (tertiary/aromatic N) is 3. The summed E-state index contributed by atoms with van der Waals surface area (Å²) in [5.41, 5.74) is 1.78. The highest BCUT2D eigenvalue weighted by molar-refractivity contribution is 9.10. The van der Waals surface area contributed by atoms with Gasteiger partial charge in [0.1, 0.15) is 12.6 Å². The van der Waals surface area contributed by atoms with Crippen LogP contribution >= 0.6 is 15.9 Å². The zero-order chi connectivity index (χ0) is 15.7. The molecule has 1 aromatic rings. The van der Waals surface area contributed by atoms with Crippen molar-refractivity contribution in [3.8, 4) is 0 Å². The molecular weight excluding hydrogens is 336 g/mol. The van der Waals surface area contributed by atoms with Crippen LogP contribution in [0.5, 0.6) is 0 Å². The van der Waals surface area contributed by atoms with E-state index in [1.165, 1.54) is 0 Å². The quantitative estimate of drug-likeness (QED) is 0.885. The minimum absolute atomic E-state index is 0.0188. The van der Waals surface area contributed by atoms with Gasteiger partial charge in [-0.25, -0.2) is 0 Å². The normalized spacial score (nSPS) is 20.6. The van der Waals surface area contributed by atoms with Crippen molar-refractivity contribution in [2.75, 3.05) is 6.54 Å². The largest absolute Gasteiger partial charge is 0.342 e. The Morgan fingerprint density at radius 3 is 2.67 bits per heavy atom. The van der Waals surface area contributed by atoms with Crippen molar-refractivity contribution >= 4 is 27.7 Å². The lowest BCUT2D eigenvalue weighted by molar-refractivity contribution is -0.146. The molecule has 0 aliphatic carbocycles. The van der Waals surface area contributed by atoms with Gasteiger partial charge in [0.15, 0.2) is 0 Å². The summed E-state index contributed by atoms with van der Waals surface area (Å²) >= 11 is 3.50. The van der Waals surface area contributed by atoms with Gasteiger partial charge in [-0.15, -0.1) is 0 Å². The highest BCUT2D eigenvalue weighted by Gasteiger charge is 2.36. The fourth-order valence-electron chi connectivity index (χ4n) is 2.52. The predicted molar refractivity (Wildman–Crippen MR) is 82.4 cm³/mol. The standard InChI is InChI=1S/C14H21BrN4O2/c1-5-8(2)13-14(21)19(7-11(20)16-13)6-10-12(15)9(3)17-18(10)4/h8,13H,5-7H2,1-4H3,(H,16,20). The molecule has 2 unspecified atom stereocenters. The summed E-state index contributed by atoms with van der Waals surface area (Å²) in [6.45, 7) is 6.39. The van der Waals surface area contributed by atoms with Crippen LogP contribution in [0.3, 0.4) is 0 Å². The van der Waals surface area contributed by atoms with Gasteiger partial charge in [-0.05, 0) is 28.8 Å². The van der Waals surface area contributed by atoms with Crippen LogP contribution in [0.2, 0.25) is 0 Å². The van der Waals surface area contributed by atoms with Crippen molar-refractivity contribution in [1.29, 1.82) is 0 Å². The van der Waals surface area contributed by atoms with E-state index in [0.717, 1.165) is 22.3 Å². The first-order valence-corrected chi connectivity index (χ1v) is 7.90. The van der Waals surface area contributed by atoms with E-state index in [1.54, 1.807) is 9.58 Å². The molecule has 1 saturated heterocycles. The second kappa shape index (κ2) is 6.17. The Hall–Kier alpha value is -1.37. The first-order valence-electron chi connectivity index (χ1n) is 7.11. The third-order valence-corrected chi connectivity index (χ3v) is 5.08. The minimum atomic E-state index is -0.427.